The molecular weight excluding hydrogens is 787 g/mol. The number of hydrogen-bond acceptors (Lipinski definition) is 3. The van der Waals surface area contributed by atoms with Crippen molar-refractivity contribution in [1.29, 1.82) is 0 Å². The van der Waals surface area contributed by atoms with Crippen LogP contribution < -0.4 is 4.90 Å². The summed E-state index contributed by atoms with van der Waals surface area (Å²) >= 11 is 3.78. The third-order valence-corrected chi connectivity index (χ3v) is 15.6. The smallest absolute Gasteiger partial charge is 0.0714 e. The van der Waals surface area contributed by atoms with Crippen molar-refractivity contribution in [1.82, 2.24) is 0 Å². The minimum absolute atomic E-state index is 0.506. The van der Waals surface area contributed by atoms with E-state index < -0.39 is 5.41 Å². The molecule has 0 bridgehead atoms. The van der Waals surface area contributed by atoms with E-state index in [1.165, 1.54) is 101 Å². The zero-order valence-corrected chi connectivity index (χ0v) is 35.3. The second-order valence-corrected chi connectivity index (χ2v) is 18.4. The molecule has 2 aromatic heterocycles. The lowest BCUT2D eigenvalue weighted by molar-refractivity contribution is 0.768. The molecule has 0 saturated heterocycles. The highest BCUT2D eigenvalue weighted by Crippen LogP contribution is 2.60. The molecule has 0 N–H and O–H groups in total. The van der Waals surface area contributed by atoms with Gasteiger partial charge in [-0.1, -0.05) is 188 Å². The van der Waals surface area contributed by atoms with E-state index in [0.717, 1.165) is 11.4 Å². The van der Waals surface area contributed by atoms with Gasteiger partial charge in [0.1, 0.15) is 0 Å². The molecule has 0 unspecified atom stereocenters. The maximum atomic E-state index is 2.54. The van der Waals surface area contributed by atoms with Crippen LogP contribution in [0.25, 0.3) is 73.4 Å². The number of rotatable bonds is 6. The van der Waals surface area contributed by atoms with E-state index >= 15 is 0 Å². The first-order chi connectivity index (χ1) is 30.8. The number of anilines is 3. The van der Waals surface area contributed by atoms with E-state index in [9.17, 15) is 0 Å². The zero-order valence-electron chi connectivity index (χ0n) is 33.6. The molecule has 290 valence electrons. The van der Waals surface area contributed by atoms with Gasteiger partial charge in [-0.2, -0.15) is 0 Å². The third kappa shape index (κ3) is 5.13. The van der Waals surface area contributed by atoms with Crippen LogP contribution in [0.15, 0.2) is 224 Å². The molecule has 2 heterocycles. The number of fused-ring (bicyclic) bond motifs is 11. The first kappa shape index (κ1) is 35.5. The average molecular weight is 824 g/mol. The molecule has 0 saturated carbocycles. The highest BCUT2D eigenvalue weighted by atomic mass is 32.1. The third-order valence-electron chi connectivity index (χ3n) is 13.1. The van der Waals surface area contributed by atoms with Crippen LogP contribution in [0.3, 0.4) is 0 Å². The molecule has 1 aliphatic rings. The molecule has 62 heavy (non-hydrogen) atoms. The van der Waals surface area contributed by atoms with Gasteiger partial charge in [-0.05, 0) is 86.1 Å². The van der Waals surface area contributed by atoms with Crippen molar-refractivity contribution in [2.75, 3.05) is 4.90 Å². The number of thiophene rings is 2. The van der Waals surface area contributed by atoms with Gasteiger partial charge in [0.2, 0.25) is 0 Å². The molecule has 0 aliphatic heterocycles. The Morgan fingerprint density at radius 1 is 0.355 bits per heavy atom. The molecule has 1 aliphatic carbocycles. The fraction of sp³-hybridized carbons (Fsp3) is 0.0169. The summed E-state index contributed by atoms with van der Waals surface area (Å²) in [5.41, 5.74) is 13.0. The van der Waals surface area contributed by atoms with Gasteiger partial charge in [-0.25, -0.2) is 0 Å². The predicted molar refractivity (Wildman–Crippen MR) is 267 cm³/mol. The van der Waals surface area contributed by atoms with Crippen LogP contribution in [0.2, 0.25) is 0 Å². The van der Waals surface area contributed by atoms with Crippen molar-refractivity contribution in [2.45, 2.75) is 5.41 Å². The lowest BCUT2D eigenvalue weighted by Gasteiger charge is -2.34. The van der Waals surface area contributed by atoms with E-state index in [0.29, 0.717) is 0 Å². The van der Waals surface area contributed by atoms with Crippen LogP contribution in [0, 0.1) is 0 Å². The predicted octanol–water partition coefficient (Wildman–Crippen LogP) is 17.1. The Labute approximate surface area is 368 Å². The van der Waals surface area contributed by atoms with Gasteiger partial charge in [-0.3, -0.25) is 0 Å². The van der Waals surface area contributed by atoms with Crippen molar-refractivity contribution >= 4 is 90.9 Å². The molecule has 0 spiro atoms. The first-order valence-electron chi connectivity index (χ1n) is 21.2. The summed E-state index contributed by atoms with van der Waals surface area (Å²) in [6.07, 6.45) is 0. The number of hydrogen-bond donors (Lipinski definition) is 0. The fourth-order valence-electron chi connectivity index (χ4n) is 10.5. The van der Waals surface area contributed by atoms with Crippen LogP contribution in [0.5, 0.6) is 0 Å². The van der Waals surface area contributed by atoms with E-state index in [-0.39, 0.29) is 0 Å². The van der Waals surface area contributed by atoms with Gasteiger partial charge in [-0.15, -0.1) is 22.7 Å². The zero-order chi connectivity index (χ0) is 40.8. The van der Waals surface area contributed by atoms with Crippen molar-refractivity contribution in [3.05, 3.63) is 247 Å². The number of benzene rings is 10. The van der Waals surface area contributed by atoms with Crippen LogP contribution in [0.4, 0.5) is 17.1 Å². The number of nitrogens with zero attached hydrogens (tertiary/aromatic N) is 1. The summed E-state index contributed by atoms with van der Waals surface area (Å²) < 4.78 is 5.25. The molecule has 0 fully saturated rings. The minimum Gasteiger partial charge on any atom is -0.308 e. The van der Waals surface area contributed by atoms with E-state index in [2.05, 4.69) is 229 Å². The molecule has 0 atom stereocenters. The molecule has 12 aromatic rings. The summed E-state index contributed by atoms with van der Waals surface area (Å²) in [5, 5.41) is 7.80. The topological polar surface area (TPSA) is 3.24 Å². The summed E-state index contributed by atoms with van der Waals surface area (Å²) in [6.45, 7) is 0. The normalized spacial score (nSPS) is 13.0. The Balaban J connectivity index is 1.07. The highest BCUT2D eigenvalue weighted by Gasteiger charge is 2.47. The SMILES string of the molecule is c1ccc(C2(c3ccccc3)c3ccccc3-c3c(N(c4ccc(-c5ccc6c(c5)sc5ccccc56)cc4)c4cccc5c4sc4c6ccccc6ccc54)cccc32)cc1. The monoisotopic (exact) mass is 823 g/mol. The van der Waals surface area contributed by atoms with E-state index in [1.54, 1.807) is 0 Å². The molecular formula is C59H37NS2. The minimum atomic E-state index is -0.506. The van der Waals surface area contributed by atoms with Crippen molar-refractivity contribution < 1.29 is 0 Å². The Bertz CT molecular complexity index is 3650. The highest BCUT2D eigenvalue weighted by molar-refractivity contribution is 7.27. The second-order valence-electron chi connectivity index (χ2n) is 16.3. The summed E-state index contributed by atoms with van der Waals surface area (Å²) in [4.78, 5) is 2.54. The van der Waals surface area contributed by atoms with Crippen LogP contribution in [0.1, 0.15) is 22.3 Å². The van der Waals surface area contributed by atoms with E-state index in [1.807, 2.05) is 22.7 Å². The average Bonchev–Trinajstić information content (AvgIpc) is 4.01. The van der Waals surface area contributed by atoms with Gasteiger partial charge in [0.25, 0.3) is 0 Å². The van der Waals surface area contributed by atoms with Gasteiger partial charge >= 0.3 is 0 Å². The van der Waals surface area contributed by atoms with Gasteiger partial charge in [0.05, 0.1) is 21.5 Å². The van der Waals surface area contributed by atoms with Crippen LogP contribution >= 0.6 is 22.7 Å². The molecule has 13 rings (SSSR count). The maximum absolute atomic E-state index is 2.54. The Hall–Kier alpha value is -7.30. The second kappa shape index (κ2) is 13.9. The molecule has 10 aromatic carbocycles. The Morgan fingerprint density at radius 3 is 1.77 bits per heavy atom. The quantitative estimate of drug-likeness (QED) is 0.161. The standard InChI is InChI=1S/C59H37NS2/c1-3-16-41(17-4-1)59(42-18-5-2-6-19-42)50-24-11-9-22-49(50)56-51(59)25-14-26-52(56)60(53-27-13-23-47-48-36-31-39-15-7-8-20-44(39)57(48)62-58(47)53)43-33-29-38(30-34-43)40-32-35-46-45-21-10-12-28-54(45)61-55(46)37-40/h1-37H. The largest absolute Gasteiger partial charge is 0.308 e. The van der Waals surface area contributed by atoms with Crippen molar-refractivity contribution in [2.24, 2.45) is 0 Å². The summed E-state index contributed by atoms with van der Waals surface area (Å²) in [5.74, 6) is 0. The van der Waals surface area contributed by atoms with Crippen LogP contribution in [-0.4, -0.2) is 0 Å². The molecule has 1 nitrogen and oxygen atoms in total. The summed E-state index contributed by atoms with van der Waals surface area (Å²) in [6, 6.07) is 83.5. The molecule has 0 radical (unpaired) electrons. The lowest BCUT2D eigenvalue weighted by Crippen LogP contribution is -2.28. The Morgan fingerprint density at radius 2 is 0.952 bits per heavy atom. The lowest BCUT2D eigenvalue weighted by atomic mass is 9.68. The van der Waals surface area contributed by atoms with Gasteiger partial charge < -0.3 is 4.90 Å². The van der Waals surface area contributed by atoms with Crippen molar-refractivity contribution in [3.63, 3.8) is 0 Å². The van der Waals surface area contributed by atoms with E-state index in [4.69, 9.17) is 0 Å². The maximum Gasteiger partial charge on any atom is 0.0714 e. The molecule has 0 amide bonds. The summed E-state index contributed by atoms with van der Waals surface area (Å²) in [7, 11) is 0. The first-order valence-corrected chi connectivity index (χ1v) is 22.9. The van der Waals surface area contributed by atoms with Gasteiger partial charge in [0.15, 0.2) is 0 Å². The van der Waals surface area contributed by atoms with Gasteiger partial charge in [0, 0.05) is 46.9 Å². The Kier molecular flexibility index (Phi) is 7.93. The van der Waals surface area contributed by atoms with Crippen LogP contribution in [-0.2, 0) is 5.41 Å². The fourth-order valence-corrected chi connectivity index (χ4v) is 12.9. The molecule has 3 heteroatoms. The van der Waals surface area contributed by atoms with Crippen molar-refractivity contribution in [3.8, 4) is 22.3 Å².